The van der Waals surface area contributed by atoms with Gasteiger partial charge in [-0.25, -0.2) is 8.42 Å². The summed E-state index contributed by atoms with van der Waals surface area (Å²) in [5, 5.41) is 0.860. The summed E-state index contributed by atoms with van der Waals surface area (Å²) in [6.07, 6.45) is 1.10. The highest BCUT2D eigenvalue weighted by Crippen LogP contribution is 2.36. The Morgan fingerprint density at radius 2 is 1.45 bits per heavy atom. The lowest BCUT2D eigenvalue weighted by Crippen LogP contribution is -2.03. The summed E-state index contributed by atoms with van der Waals surface area (Å²) in [6.45, 7) is 0. The molecule has 0 atom stereocenters. The molecule has 0 aliphatic heterocycles. The number of halogens is 4. The van der Waals surface area contributed by atoms with Gasteiger partial charge in [-0.3, -0.25) is 0 Å². The van der Waals surface area contributed by atoms with Crippen LogP contribution in [0.4, 0.5) is 0 Å². The number of hydrogen-bond donors (Lipinski definition) is 0. The van der Waals surface area contributed by atoms with E-state index >= 15 is 0 Å². The molecule has 2 rings (SSSR count). The van der Waals surface area contributed by atoms with E-state index in [9.17, 15) is 8.42 Å². The Kier molecular flexibility index (Phi) is 5.46. The van der Waals surface area contributed by atoms with E-state index in [4.69, 9.17) is 46.4 Å². The molecule has 2 nitrogen and oxygen atoms in total. The average Bonchev–Trinajstić information content (AvgIpc) is 2.41. The summed E-state index contributed by atoms with van der Waals surface area (Å²) in [7, 11) is -3.51. The first kappa shape index (κ1) is 17.6. The molecule has 0 saturated heterocycles. The SMILES string of the molecule is CS(=O)(=O)c1cc(Cl)ccc1C(=C(Cl)Cl)c1ccc(Cl)cc1. The van der Waals surface area contributed by atoms with Gasteiger partial charge in [-0.05, 0) is 29.8 Å². The summed E-state index contributed by atoms with van der Waals surface area (Å²) in [5.41, 5.74) is 1.43. The zero-order valence-electron chi connectivity index (χ0n) is 11.3. The maximum absolute atomic E-state index is 12.0. The van der Waals surface area contributed by atoms with Crippen LogP contribution in [0, 0.1) is 0 Å². The Morgan fingerprint density at radius 1 is 0.909 bits per heavy atom. The molecule has 0 fully saturated rings. The van der Waals surface area contributed by atoms with E-state index in [1.165, 1.54) is 6.07 Å². The molecule has 0 bridgehead atoms. The largest absolute Gasteiger partial charge is 0.224 e. The van der Waals surface area contributed by atoms with Crippen molar-refractivity contribution in [3.63, 3.8) is 0 Å². The molecule has 0 heterocycles. The van der Waals surface area contributed by atoms with E-state index in [1.807, 2.05) is 0 Å². The Bertz CT molecular complexity index is 836. The highest BCUT2D eigenvalue weighted by Gasteiger charge is 2.20. The molecule has 116 valence electrons. The average molecular weight is 396 g/mol. The Hall–Kier alpha value is -0.710. The molecule has 0 saturated carbocycles. The van der Waals surface area contributed by atoms with Crippen molar-refractivity contribution in [2.24, 2.45) is 0 Å². The lowest BCUT2D eigenvalue weighted by Gasteiger charge is -2.13. The molecule has 0 unspecified atom stereocenters. The van der Waals surface area contributed by atoms with Gasteiger partial charge in [0.05, 0.1) is 4.90 Å². The van der Waals surface area contributed by atoms with Crippen LogP contribution >= 0.6 is 46.4 Å². The van der Waals surface area contributed by atoms with Crippen LogP contribution in [-0.4, -0.2) is 14.7 Å². The second-order valence-electron chi connectivity index (χ2n) is 4.55. The van der Waals surface area contributed by atoms with Gasteiger partial charge in [0.2, 0.25) is 0 Å². The number of benzene rings is 2. The van der Waals surface area contributed by atoms with E-state index in [1.54, 1.807) is 36.4 Å². The van der Waals surface area contributed by atoms with E-state index in [-0.39, 0.29) is 9.39 Å². The molecule has 2 aromatic carbocycles. The fraction of sp³-hybridized carbons (Fsp3) is 0.0667. The third kappa shape index (κ3) is 3.98. The second kappa shape index (κ2) is 6.81. The van der Waals surface area contributed by atoms with E-state index in [2.05, 4.69) is 0 Å². The number of sulfone groups is 1. The van der Waals surface area contributed by atoms with Crippen LogP contribution in [0.15, 0.2) is 51.9 Å². The fourth-order valence-corrected chi connectivity index (χ4v) is 3.69. The number of rotatable bonds is 3. The third-order valence-corrected chi connectivity index (χ3v) is 4.94. The van der Waals surface area contributed by atoms with Crippen molar-refractivity contribution in [3.05, 3.63) is 68.1 Å². The van der Waals surface area contributed by atoms with E-state index in [0.717, 1.165) is 6.26 Å². The van der Waals surface area contributed by atoms with Crippen LogP contribution in [0.1, 0.15) is 11.1 Å². The lowest BCUT2D eigenvalue weighted by molar-refractivity contribution is 0.601. The van der Waals surface area contributed by atoms with Crippen molar-refractivity contribution in [3.8, 4) is 0 Å². The second-order valence-corrected chi connectivity index (χ2v) is 8.36. The molecule has 22 heavy (non-hydrogen) atoms. The monoisotopic (exact) mass is 394 g/mol. The van der Waals surface area contributed by atoms with Gasteiger partial charge >= 0.3 is 0 Å². The van der Waals surface area contributed by atoms with Crippen LogP contribution in [0.25, 0.3) is 5.57 Å². The molecular formula is C15H10Cl4O2S. The third-order valence-electron chi connectivity index (χ3n) is 2.93. The molecule has 0 radical (unpaired) electrons. The van der Waals surface area contributed by atoms with Crippen molar-refractivity contribution in [1.29, 1.82) is 0 Å². The molecule has 0 aromatic heterocycles. The highest BCUT2D eigenvalue weighted by molar-refractivity contribution is 7.90. The van der Waals surface area contributed by atoms with E-state index in [0.29, 0.717) is 26.7 Å². The standard InChI is InChI=1S/C15H10Cl4O2S/c1-22(20,21)13-8-11(17)6-7-12(13)14(15(18)19)9-2-4-10(16)5-3-9/h2-8H,1H3. The molecule has 0 aliphatic carbocycles. The van der Waals surface area contributed by atoms with Gasteiger partial charge in [0.1, 0.15) is 4.49 Å². The Balaban J connectivity index is 2.76. The van der Waals surface area contributed by atoms with Crippen molar-refractivity contribution in [2.45, 2.75) is 4.90 Å². The van der Waals surface area contributed by atoms with Gasteiger partial charge in [0.25, 0.3) is 0 Å². The number of hydrogen-bond acceptors (Lipinski definition) is 2. The van der Waals surface area contributed by atoms with E-state index < -0.39 is 9.84 Å². The topological polar surface area (TPSA) is 34.1 Å². The summed E-state index contributed by atoms with van der Waals surface area (Å²) in [4.78, 5) is 0.0590. The summed E-state index contributed by atoms with van der Waals surface area (Å²) >= 11 is 23.8. The quantitative estimate of drug-likeness (QED) is 0.678. The summed E-state index contributed by atoms with van der Waals surface area (Å²) in [6, 6.07) is 11.3. The molecule has 2 aromatic rings. The predicted octanol–water partition coefficient (Wildman–Crippen LogP) is 5.59. The molecular weight excluding hydrogens is 386 g/mol. The van der Waals surface area contributed by atoms with Gasteiger partial charge in [-0.1, -0.05) is 64.6 Å². The minimum atomic E-state index is -3.51. The molecule has 0 aliphatic rings. The van der Waals surface area contributed by atoms with Gasteiger partial charge in [0, 0.05) is 27.4 Å². The first-order valence-corrected chi connectivity index (χ1v) is 9.41. The predicted molar refractivity (Wildman–Crippen MR) is 93.7 cm³/mol. The lowest BCUT2D eigenvalue weighted by atomic mass is 9.99. The van der Waals surface area contributed by atoms with Crippen molar-refractivity contribution >= 4 is 61.8 Å². The van der Waals surface area contributed by atoms with Gasteiger partial charge in [-0.2, -0.15) is 0 Å². The van der Waals surface area contributed by atoms with Crippen LogP contribution in [-0.2, 0) is 9.84 Å². The maximum Gasteiger partial charge on any atom is 0.176 e. The van der Waals surface area contributed by atoms with Crippen LogP contribution in [0.3, 0.4) is 0 Å². The Labute approximate surface area is 149 Å². The molecule has 0 spiro atoms. The van der Waals surface area contributed by atoms with Crippen LogP contribution in [0.2, 0.25) is 10.0 Å². The van der Waals surface area contributed by atoms with Crippen molar-refractivity contribution in [2.75, 3.05) is 6.26 Å². The summed E-state index contributed by atoms with van der Waals surface area (Å²) < 4.78 is 24.0. The van der Waals surface area contributed by atoms with Crippen molar-refractivity contribution in [1.82, 2.24) is 0 Å². The Morgan fingerprint density at radius 3 is 1.95 bits per heavy atom. The smallest absolute Gasteiger partial charge is 0.176 e. The fourth-order valence-electron chi connectivity index (χ4n) is 1.99. The van der Waals surface area contributed by atoms with Gasteiger partial charge in [0.15, 0.2) is 9.84 Å². The maximum atomic E-state index is 12.0. The zero-order valence-corrected chi connectivity index (χ0v) is 15.1. The zero-order chi connectivity index (χ0) is 16.5. The summed E-state index contributed by atoms with van der Waals surface area (Å²) in [5.74, 6) is 0. The minimum Gasteiger partial charge on any atom is -0.224 e. The highest BCUT2D eigenvalue weighted by atomic mass is 35.5. The molecule has 0 amide bonds. The first-order valence-electron chi connectivity index (χ1n) is 6.01. The molecule has 0 N–H and O–H groups in total. The van der Waals surface area contributed by atoms with Crippen LogP contribution in [0.5, 0.6) is 0 Å². The van der Waals surface area contributed by atoms with Crippen LogP contribution < -0.4 is 0 Å². The normalized spacial score (nSPS) is 11.3. The van der Waals surface area contributed by atoms with Gasteiger partial charge < -0.3 is 0 Å². The van der Waals surface area contributed by atoms with Gasteiger partial charge in [-0.15, -0.1) is 0 Å². The van der Waals surface area contributed by atoms with Crippen molar-refractivity contribution < 1.29 is 8.42 Å². The first-order chi connectivity index (χ1) is 10.2. The minimum absolute atomic E-state index is 0.0467. The molecule has 7 heteroatoms.